The molecule has 11 heteroatoms. The summed E-state index contributed by atoms with van der Waals surface area (Å²) in [7, 11) is 1.84. The van der Waals surface area contributed by atoms with Gasteiger partial charge in [-0.1, -0.05) is 6.92 Å². The number of thiazole rings is 1. The molecule has 0 amide bonds. The Morgan fingerprint density at radius 3 is 2.65 bits per heavy atom. The van der Waals surface area contributed by atoms with Crippen molar-refractivity contribution in [3.05, 3.63) is 23.9 Å². The average Bonchev–Trinajstić information content (AvgIpc) is 3.31. The van der Waals surface area contributed by atoms with Crippen LogP contribution in [-0.4, -0.2) is 52.0 Å². The van der Waals surface area contributed by atoms with Gasteiger partial charge < -0.3 is 21.1 Å². The molecule has 0 unspecified atom stereocenters. The van der Waals surface area contributed by atoms with Crippen LogP contribution in [0.5, 0.6) is 0 Å². The third-order valence-corrected chi connectivity index (χ3v) is 7.87. The first-order valence-corrected chi connectivity index (χ1v) is 12.0. The molecule has 1 fully saturated rings. The van der Waals surface area contributed by atoms with Crippen molar-refractivity contribution < 1.29 is 18.3 Å². The van der Waals surface area contributed by atoms with Gasteiger partial charge in [0.2, 0.25) is 5.95 Å². The fourth-order valence-electron chi connectivity index (χ4n) is 4.55. The minimum absolute atomic E-state index is 0.0902. The van der Waals surface area contributed by atoms with E-state index >= 15 is 0 Å². The third-order valence-electron chi connectivity index (χ3n) is 6.81. The Balaban J connectivity index is 1.78. The zero-order chi connectivity index (χ0) is 24.7. The largest absolute Gasteiger partial charge is 0.405 e. The molecule has 0 bridgehead atoms. The molecule has 3 aromatic rings. The number of rotatable bonds is 7. The van der Waals surface area contributed by atoms with E-state index in [0.717, 1.165) is 28.7 Å². The molecule has 2 heterocycles. The van der Waals surface area contributed by atoms with Crippen molar-refractivity contribution in [2.45, 2.75) is 45.3 Å². The fourth-order valence-corrected chi connectivity index (χ4v) is 5.59. The highest BCUT2D eigenvalue weighted by Crippen LogP contribution is 2.44. The highest BCUT2D eigenvalue weighted by molar-refractivity contribution is 7.21. The maximum atomic E-state index is 12.8. The van der Waals surface area contributed by atoms with Crippen LogP contribution in [0.3, 0.4) is 0 Å². The summed E-state index contributed by atoms with van der Waals surface area (Å²) in [5.74, 6) is 0.639. The van der Waals surface area contributed by atoms with E-state index in [1.807, 2.05) is 25.2 Å². The second-order valence-corrected chi connectivity index (χ2v) is 10.1. The van der Waals surface area contributed by atoms with E-state index in [1.54, 1.807) is 6.92 Å². The Kier molecular flexibility index (Phi) is 6.61. The molecule has 3 atom stereocenters. The summed E-state index contributed by atoms with van der Waals surface area (Å²) in [6.07, 6.45) is -2.73. The van der Waals surface area contributed by atoms with Crippen LogP contribution in [-0.2, 0) is 0 Å². The monoisotopic (exact) mass is 494 g/mol. The SMILES string of the molecule is CNc1ccc2sc(-c3c(C)nc(NCC(F)(F)F)nc3N[C@@]3(C)CC[C@H](CO)[C@H]3C)nc2c1. The zero-order valence-corrected chi connectivity index (χ0v) is 20.4. The first-order chi connectivity index (χ1) is 16.0. The minimum atomic E-state index is -4.39. The number of hydrogen-bond donors (Lipinski definition) is 4. The highest BCUT2D eigenvalue weighted by Gasteiger charge is 2.43. The molecule has 184 valence electrons. The van der Waals surface area contributed by atoms with Crippen molar-refractivity contribution in [1.29, 1.82) is 0 Å². The van der Waals surface area contributed by atoms with E-state index in [-0.39, 0.29) is 29.9 Å². The fraction of sp³-hybridized carbons (Fsp3) is 0.522. The molecule has 34 heavy (non-hydrogen) atoms. The number of alkyl halides is 3. The predicted octanol–water partition coefficient (Wildman–Crippen LogP) is 5.29. The van der Waals surface area contributed by atoms with Crippen molar-refractivity contribution in [3.8, 4) is 10.6 Å². The lowest BCUT2D eigenvalue weighted by Crippen LogP contribution is -2.40. The number of halogens is 3. The summed E-state index contributed by atoms with van der Waals surface area (Å²) in [5, 5.41) is 19.4. The number of aromatic nitrogens is 3. The molecule has 7 nitrogen and oxygen atoms in total. The van der Waals surface area contributed by atoms with Crippen molar-refractivity contribution >= 4 is 39.0 Å². The van der Waals surface area contributed by atoms with E-state index in [0.29, 0.717) is 22.1 Å². The smallest absolute Gasteiger partial charge is 0.396 e. The van der Waals surface area contributed by atoms with Crippen LogP contribution < -0.4 is 16.0 Å². The van der Waals surface area contributed by atoms with Crippen LogP contribution >= 0.6 is 11.3 Å². The number of aliphatic hydroxyl groups is 1. The predicted molar refractivity (Wildman–Crippen MR) is 130 cm³/mol. The Morgan fingerprint density at radius 1 is 1.24 bits per heavy atom. The van der Waals surface area contributed by atoms with Crippen LogP contribution in [0.15, 0.2) is 18.2 Å². The van der Waals surface area contributed by atoms with Crippen LogP contribution in [0.1, 0.15) is 32.4 Å². The Hall–Kier alpha value is -2.66. The van der Waals surface area contributed by atoms with Gasteiger partial charge in [0, 0.05) is 24.9 Å². The molecule has 2 aromatic heterocycles. The second-order valence-electron chi connectivity index (χ2n) is 9.09. The van der Waals surface area contributed by atoms with Gasteiger partial charge in [0.05, 0.1) is 21.5 Å². The number of benzene rings is 1. The summed E-state index contributed by atoms with van der Waals surface area (Å²) in [6, 6.07) is 5.90. The van der Waals surface area contributed by atoms with Gasteiger partial charge in [0.15, 0.2) is 0 Å². The topological polar surface area (TPSA) is 95.0 Å². The molecule has 0 spiro atoms. The molecule has 4 rings (SSSR count). The first-order valence-electron chi connectivity index (χ1n) is 11.2. The second kappa shape index (κ2) is 9.18. The maximum absolute atomic E-state index is 12.8. The molecule has 1 aliphatic rings. The highest BCUT2D eigenvalue weighted by atomic mass is 32.1. The number of hydrogen-bond acceptors (Lipinski definition) is 8. The number of nitrogens with one attached hydrogen (secondary N) is 3. The van der Waals surface area contributed by atoms with Crippen molar-refractivity contribution in [1.82, 2.24) is 15.0 Å². The van der Waals surface area contributed by atoms with Crippen LogP contribution in [0.2, 0.25) is 0 Å². The summed E-state index contributed by atoms with van der Waals surface area (Å²) < 4.78 is 39.4. The van der Waals surface area contributed by atoms with Gasteiger partial charge >= 0.3 is 6.18 Å². The summed E-state index contributed by atoms with van der Waals surface area (Å²) >= 11 is 1.48. The normalized spacial score (nSPS) is 22.8. The number of aliphatic hydroxyl groups excluding tert-OH is 1. The summed E-state index contributed by atoms with van der Waals surface area (Å²) in [6.45, 7) is 4.77. The number of aryl methyl sites for hydroxylation is 1. The molecule has 1 aliphatic carbocycles. The van der Waals surface area contributed by atoms with Crippen molar-refractivity contribution in [3.63, 3.8) is 0 Å². The van der Waals surface area contributed by atoms with Gasteiger partial charge in [0.1, 0.15) is 17.4 Å². The quantitative estimate of drug-likeness (QED) is 0.355. The van der Waals surface area contributed by atoms with Gasteiger partial charge in [-0.25, -0.2) is 9.97 Å². The van der Waals surface area contributed by atoms with E-state index in [9.17, 15) is 18.3 Å². The summed E-state index contributed by atoms with van der Waals surface area (Å²) in [5.41, 5.74) is 2.57. The minimum Gasteiger partial charge on any atom is -0.396 e. The van der Waals surface area contributed by atoms with Gasteiger partial charge in [-0.2, -0.15) is 18.2 Å². The van der Waals surface area contributed by atoms with Gasteiger partial charge in [-0.05, 0) is 56.7 Å². The Morgan fingerprint density at radius 2 is 2.00 bits per heavy atom. The molecule has 1 saturated carbocycles. The van der Waals surface area contributed by atoms with Crippen LogP contribution in [0, 0.1) is 18.8 Å². The summed E-state index contributed by atoms with van der Waals surface area (Å²) in [4.78, 5) is 13.6. The molecular weight excluding hydrogens is 465 g/mol. The standard InChI is InChI=1S/C23H29F3N6OS/c1-12-14(10-33)7-8-22(12,3)32-19-18(13(2)29-21(31-19)28-11-23(24,25)26)20-30-16-9-15(27-4)5-6-17(16)34-20/h5-6,9,12,14,27,33H,7-8,10-11H2,1-4H3,(H2,28,29,31,32)/t12-,14-,22+/m1/s1. The number of fused-ring (bicyclic) bond motifs is 1. The molecule has 4 N–H and O–H groups in total. The first kappa shape index (κ1) is 24.5. The molecule has 0 saturated heterocycles. The molecule has 0 aliphatic heterocycles. The molecule has 1 aromatic carbocycles. The average molecular weight is 495 g/mol. The van der Waals surface area contributed by atoms with Crippen molar-refractivity contribution in [2.75, 3.05) is 36.1 Å². The Bertz CT molecular complexity index is 1180. The van der Waals surface area contributed by atoms with Crippen LogP contribution in [0.25, 0.3) is 20.8 Å². The third kappa shape index (κ3) is 4.90. The van der Waals surface area contributed by atoms with E-state index in [1.165, 1.54) is 11.3 Å². The van der Waals surface area contributed by atoms with Crippen molar-refractivity contribution in [2.24, 2.45) is 11.8 Å². The van der Waals surface area contributed by atoms with E-state index in [2.05, 4.69) is 39.8 Å². The lowest BCUT2D eigenvalue weighted by Gasteiger charge is -2.34. The lowest BCUT2D eigenvalue weighted by molar-refractivity contribution is -0.115. The number of anilines is 3. The van der Waals surface area contributed by atoms with Gasteiger partial charge in [-0.15, -0.1) is 11.3 Å². The van der Waals surface area contributed by atoms with E-state index in [4.69, 9.17) is 4.98 Å². The van der Waals surface area contributed by atoms with Gasteiger partial charge in [-0.3, -0.25) is 0 Å². The Labute approximate surface area is 200 Å². The molecule has 0 radical (unpaired) electrons. The molecular formula is C23H29F3N6OS. The maximum Gasteiger partial charge on any atom is 0.405 e. The van der Waals surface area contributed by atoms with Gasteiger partial charge in [0.25, 0.3) is 0 Å². The zero-order valence-electron chi connectivity index (χ0n) is 19.5. The lowest BCUT2D eigenvalue weighted by atomic mass is 9.86. The van der Waals surface area contributed by atoms with E-state index < -0.39 is 12.7 Å². The van der Waals surface area contributed by atoms with Crippen LogP contribution in [0.4, 0.5) is 30.6 Å². The number of nitrogens with zero attached hydrogens (tertiary/aromatic N) is 3.